The lowest BCUT2D eigenvalue weighted by Crippen LogP contribution is -2.55. The highest BCUT2D eigenvalue weighted by molar-refractivity contribution is 5.89. The molecule has 0 spiro atoms. The van der Waals surface area contributed by atoms with Crippen molar-refractivity contribution < 1.29 is 23.9 Å². The van der Waals surface area contributed by atoms with Gasteiger partial charge in [-0.3, -0.25) is 9.69 Å². The van der Waals surface area contributed by atoms with Gasteiger partial charge in [0, 0.05) is 6.54 Å². The van der Waals surface area contributed by atoms with Gasteiger partial charge in [0.05, 0.1) is 7.11 Å². The van der Waals surface area contributed by atoms with Gasteiger partial charge in [-0.1, -0.05) is 0 Å². The van der Waals surface area contributed by atoms with Gasteiger partial charge in [0.15, 0.2) is 0 Å². The summed E-state index contributed by atoms with van der Waals surface area (Å²) < 4.78 is 9.93. The first kappa shape index (κ1) is 18.3. The minimum absolute atomic E-state index is 0.358. The standard InChI is InChI=1S/C15H26N2O5/c1-10(13(19)21-5)16-12(18)11-8-6-7-9-17(11)14(20)22-15(2,3)4/h10-11H,6-9H2,1-5H3,(H,16,18)/t10-,11+/m0/s1. The normalized spacial score (nSPS) is 20.0. The molecule has 0 aliphatic carbocycles. The fourth-order valence-electron chi connectivity index (χ4n) is 2.29. The van der Waals surface area contributed by atoms with Crippen molar-refractivity contribution in [2.75, 3.05) is 13.7 Å². The van der Waals surface area contributed by atoms with Crippen LogP contribution in [0.25, 0.3) is 0 Å². The van der Waals surface area contributed by atoms with Crippen molar-refractivity contribution in [1.82, 2.24) is 10.2 Å². The van der Waals surface area contributed by atoms with E-state index >= 15 is 0 Å². The number of likely N-dealkylation sites (tertiary alicyclic amines) is 1. The van der Waals surface area contributed by atoms with Gasteiger partial charge in [-0.25, -0.2) is 9.59 Å². The Balaban J connectivity index is 2.74. The Bertz CT molecular complexity index is 430. The highest BCUT2D eigenvalue weighted by Crippen LogP contribution is 2.20. The van der Waals surface area contributed by atoms with Gasteiger partial charge in [0.25, 0.3) is 0 Å². The molecular formula is C15H26N2O5. The molecule has 1 fully saturated rings. The molecule has 1 aliphatic rings. The topological polar surface area (TPSA) is 84.9 Å². The maximum atomic E-state index is 12.3. The molecule has 1 heterocycles. The SMILES string of the molecule is COC(=O)[C@H](C)NC(=O)[C@H]1CCCCN1C(=O)OC(C)(C)C. The lowest BCUT2D eigenvalue weighted by molar-refractivity contribution is -0.145. The maximum absolute atomic E-state index is 12.3. The summed E-state index contributed by atoms with van der Waals surface area (Å²) in [5.41, 5.74) is -0.616. The largest absolute Gasteiger partial charge is 0.467 e. The van der Waals surface area contributed by atoms with Crippen molar-refractivity contribution in [1.29, 1.82) is 0 Å². The molecule has 0 aromatic rings. The van der Waals surface area contributed by atoms with E-state index in [0.29, 0.717) is 13.0 Å². The molecule has 7 nitrogen and oxygen atoms in total. The number of rotatable bonds is 3. The van der Waals surface area contributed by atoms with Gasteiger partial charge in [0.2, 0.25) is 5.91 Å². The number of piperidine rings is 1. The van der Waals surface area contributed by atoms with Crippen LogP contribution in [-0.4, -0.2) is 54.2 Å². The Morgan fingerprint density at radius 1 is 1.23 bits per heavy atom. The number of ether oxygens (including phenoxy) is 2. The van der Waals surface area contributed by atoms with Crippen molar-refractivity contribution in [3.05, 3.63) is 0 Å². The summed E-state index contributed by atoms with van der Waals surface area (Å²) >= 11 is 0. The number of hydrogen-bond donors (Lipinski definition) is 1. The monoisotopic (exact) mass is 314 g/mol. The van der Waals surface area contributed by atoms with E-state index in [2.05, 4.69) is 10.1 Å². The van der Waals surface area contributed by atoms with E-state index in [4.69, 9.17) is 4.74 Å². The molecule has 0 aromatic carbocycles. The summed E-state index contributed by atoms with van der Waals surface area (Å²) in [5.74, 6) is -0.878. The van der Waals surface area contributed by atoms with E-state index in [9.17, 15) is 14.4 Å². The third kappa shape index (κ3) is 5.20. The fourth-order valence-corrected chi connectivity index (χ4v) is 2.29. The van der Waals surface area contributed by atoms with Gasteiger partial charge in [-0.05, 0) is 47.0 Å². The first-order valence-corrected chi connectivity index (χ1v) is 7.53. The number of carbonyl (C=O) groups is 3. The Labute approximate surface area is 131 Å². The summed E-state index contributed by atoms with van der Waals surface area (Å²) in [5, 5.41) is 2.59. The third-order valence-corrected chi connectivity index (χ3v) is 3.35. The second kappa shape index (κ2) is 7.47. The zero-order valence-electron chi connectivity index (χ0n) is 14.0. The van der Waals surface area contributed by atoms with Crippen LogP contribution in [0.3, 0.4) is 0 Å². The second-order valence-electron chi connectivity index (χ2n) is 6.44. The predicted molar refractivity (Wildman–Crippen MR) is 80.2 cm³/mol. The van der Waals surface area contributed by atoms with Crippen LogP contribution >= 0.6 is 0 Å². The summed E-state index contributed by atoms with van der Waals surface area (Å²) in [6.07, 6.45) is 1.73. The Hall–Kier alpha value is -1.79. The van der Waals surface area contributed by atoms with E-state index in [1.54, 1.807) is 27.7 Å². The van der Waals surface area contributed by atoms with Gasteiger partial charge in [-0.2, -0.15) is 0 Å². The molecule has 0 bridgehead atoms. The average Bonchev–Trinajstić information content (AvgIpc) is 2.44. The number of amides is 2. The molecule has 0 unspecified atom stereocenters. The molecule has 0 radical (unpaired) electrons. The molecule has 0 saturated carbocycles. The Kier molecular flexibility index (Phi) is 6.20. The maximum Gasteiger partial charge on any atom is 0.410 e. The molecule has 22 heavy (non-hydrogen) atoms. The summed E-state index contributed by atoms with van der Waals surface area (Å²) in [6.45, 7) is 7.36. The van der Waals surface area contributed by atoms with Crippen LogP contribution in [0.2, 0.25) is 0 Å². The second-order valence-corrected chi connectivity index (χ2v) is 6.44. The van der Waals surface area contributed by atoms with Gasteiger partial charge >= 0.3 is 12.1 Å². The van der Waals surface area contributed by atoms with Crippen LogP contribution in [0.5, 0.6) is 0 Å². The molecule has 2 amide bonds. The molecule has 1 saturated heterocycles. The van der Waals surface area contributed by atoms with Crippen LogP contribution in [0.1, 0.15) is 47.0 Å². The van der Waals surface area contributed by atoms with Crippen LogP contribution in [0.4, 0.5) is 4.79 Å². The zero-order valence-corrected chi connectivity index (χ0v) is 14.0. The molecular weight excluding hydrogens is 288 g/mol. The summed E-state index contributed by atoms with van der Waals surface area (Å²) in [4.78, 5) is 37.4. The highest BCUT2D eigenvalue weighted by atomic mass is 16.6. The van der Waals surface area contributed by atoms with E-state index in [0.717, 1.165) is 12.8 Å². The van der Waals surface area contributed by atoms with Crippen LogP contribution in [0, 0.1) is 0 Å². The zero-order chi connectivity index (χ0) is 16.9. The predicted octanol–water partition coefficient (Wildman–Crippen LogP) is 1.45. The van der Waals surface area contributed by atoms with Gasteiger partial charge in [0.1, 0.15) is 17.7 Å². The smallest absolute Gasteiger partial charge is 0.410 e. The minimum atomic E-state index is -0.750. The van der Waals surface area contributed by atoms with Crippen LogP contribution in [0.15, 0.2) is 0 Å². The van der Waals surface area contributed by atoms with Gasteiger partial charge < -0.3 is 14.8 Å². The summed E-state index contributed by atoms with van der Waals surface area (Å²) in [7, 11) is 1.26. The quantitative estimate of drug-likeness (QED) is 0.797. The molecule has 7 heteroatoms. The van der Waals surface area contributed by atoms with Gasteiger partial charge in [-0.15, -0.1) is 0 Å². The van der Waals surface area contributed by atoms with Crippen molar-refractivity contribution >= 4 is 18.0 Å². The fraction of sp³-hybridized carbons (Fsp3) is 0.800. The van der Waals surface area contributed by atoms with E-state index in [1.807, 2.05) is 0 Å². The lowest BCUT2D eigenvalue weighted by atomic mass is 10.0. The molecule has 0 aromatic heterocycles. The van der Waals surface area contributed by atoms with Crippen LogP contribution in [-0.2, 0) is 19.1 Å². The highest BCUT2D eigenvalue weighted by Gasteiger charge is 2.35. The number of nitrogens with one attached hydrogen (secondary N) is 1. The van der Waals surface area contributed by atoms with E-state index in [-0.39, 0.29) is 5.91 Å². The minimum Gasteiger partial charge on any atom is -0.467 e. The van der Waals surface area contributed by atoms with E-state index < -0.39 is 29.7 Å². The summed E-state index contributed by atoms with van der Waals surface area (Å²) in [6, 6.07) is -1.37. The number of carbonyl (C=O) groups excluding carboxylic acids is 3. The van der Waals surface area contributed by atoms with Crippen molar-refractivity contribution in [2.45, 2.75) is 64.6 Å². The molecule has 1 rings (SSSR count). The first-order chi connectivity index (χ1) is 10.2. The van der Waals surface area contributed by atoms with Crippen molar-refractivity contribution in [2.24, 2.45) is 0 Å². The number of methoxy groups -OCH3 is 1. The number of nitrogens with zero attached hydrogens (tertiary/aromatic N) is 1. The molecule has 1 aliphatic heterocycles. The molecule has 126 valence electrons. The Morgan fingerprint density at radius 3 is 2.41 bits per heavy atom. The Morgan fingerprint density at radius 2 is 1.86 bits per heavy atom. The van der Waals surface area contributed by atoms with E-state index in [1.165, 1.54) is 12.0 Å². The molecule has 1 N–H and O–H groups in total. The third-order valence-electron chi connectivity index (χ3n) is 3.35. The molecule has 2 atom stereocenters. The number of hydrogen-bond acceptors (Lipinski definition) is 5. The lowest BCUT2D eigenvalue weighted by Gasteiger charge is -2.36. The van der Waals surface area contributed by atoms with Crippen LogP contribution < -0.4 is 5.32 Å². The average molecular weight is 314 g/mol. The van der Waals surface area contributed by atoms with Crippen molar-refractivity contribution in [3.63, 3.8) is 0 Å². The number of esters is 1. The first-order valence-electron chi connectivity index (χ1n) is 7.53. The van der Waals surface area contributed by atoms with Crippen molar-refractivity contribution in [3.8, 4) is 0 Å².